The molecule has 0 aromatic rings. The summed E-state index contributed by atoms with van der Waals surface area (Å²) in [5, 5.41) is 2.75. The van der Waals surface area contributed by atoms with Gasteiger partial charge in [0.15, 0.2) is 0 Å². The minimum Gasteiger partial charge on any atom is -0.319 e. The Hall–Kier alpha value is -0.150. The van der Waals surface area contributed by atoms with E-state index < -0.39 is 6.08 Å². The fourth-order valence-electron chi connectivity index (χ4n) is 0.326. The van der Waals surface area contributed by atoms with E-state index in [1.807, 2.05) is 0 Å². The first kappa shape index (κ1) is 11.6. The van der Waals surface area contributed by atoms with Gasteiger partial charge in [-0.05, 0) is 26.1 Å². The maximum absolute atomic E-state index is 11.2. The van der Waals surface area contributed by atoms with E-state index in [4.69, 9.17) is 0 Å². The van der Waals surface area contributed by atoms with Gasteiger partial charge in [-0.1, -0.05) is 0 Å². The smallest absolute Gasteiger partial charge is 0.266 e. The lowest BCUT2D eigenvalue weighted by atomic mass is 10.4. The molecule has 0 saturated carbocycles. The summed E-state index contributed by atoms with van der Waals surface area (Å²) in [4.78, 5) is 0. The number of nitrogens with one attached hydrogen (secondary N) is 1. The van der Waals surface area contributed by atoms with E-state index in [2.05, 4.69) is 5.32 Å². The molecule has 0 aliphatic rings. The molecule has 0 radical (unpaired) electrons. The van der Waals surface area contributed by atoms with Crippen LogP contribution in [0.5, 0.6) is 0 Å². The van der Waals surface area contributed by atoms with Crippen LogP contribution in [0.25, 0.3) is 0 Å². The lowest BCUT2D eigenvalue weighted by Gasteiger charge is -1.88. The number of hydrogen-bond donors (Lipinski definition) is 1. The summed E-state index contributed by atoms with van der Waals surface area (Å²) < 4.78 is 22.4. The first-order valence-corrected chi connectivity index (χ1v) is 2.43. The third-order valence-electron chi connectivity index (χ3n) is 0.693. The summed E-state index contributed by atoms with van der Waals surface area (Å²) in [5.41, 5.74) is 0. The van der Waals surface area contributed by atoms with Crippen LogP contribution in [-0.2, 0) is 0 Å². The zero-order chi connectivity index (χ0) is 6.41. The summed E-state index contributed by atoms with van der Waals surface area (Å²) in [5.74, 6) is 0. The van der Waals surface area contributed by atoms with Crippen molar-refractivity contribution >= 4 is 12.4 Å². The van der Waals surface area contributed by atoms with Crippen LogP contribution >= 0.6 is 12.4 Å². The Balaban J connectivity index is 0. The number of rotatable bonds is 3. The van der Waals surface area contributed by atoms with Gasteiger partial charge in [0.05, 0.1) is 0 Å². The standard InChI is InChI=1S/C5H9F2N.ClH/c1-8-4-2-3-5(6)7;/h3,8H,2,4H2,1H3;1H. The molecule has 9 heavy (non-hydrogen) atoms. The van der Waals surface area contributed by atoms with Crippen molar-refractivity contribution < 1.29 is 8.78 Å². The van der Waals surface area contributed by atoms with Crippen LogP contribution in [0.15, 0.2) is 12.2 Å². The van der Waals surface area contributed by atoms with Gasteiger partial charge < -0.3 is 5.32 Å². The van der Waals surface area contributed by atoms with E-state index in [1.165, 1.54) is 0 Å². The second kappa shape index (κ2) is 7.85. The summed E-state index contributed by atoms with van der Waals surface area (Å²) in [7, 11) is 1.73. The van der Waals surface area contributed by atoms with Gasteiger partial charge in [0.25, 0.3) is 6.08 Å². The predicted molar refractivity (Wildman–Crippen MR) is 36.1 cm³/mol. The molecule has 56 valence electrons. The van der Waals surface area contributed by atoms with Crippen LogP contribution in [0.2, 0.25) is 0 Å². The van der Waals surface area contributed by atoms with Gasteiger partial charge in [0.1, 0.15) is 0 Å². The third kappa shape index (κ3) is 11.4. The van der Waals surface area contributed by atoms with Gasteiger partial charge >= 0.3 is 0 Å². The van der Waals surface area contributed by atoms with Crippen molar-refractivity contribution in [2.75, 3.05) is 13.6 Å². The molecule has 1 nitrogen and oxygen atoms in total. The highest BCUT2D eigenvalue weighted by Crippen LogP contribution is 1.96. The topological polar surface area (TPSA) is 12.0 Å². The Bertz CT molecular complexity index is 81.0. The first-order chi connectivity index (χ1) is 3.77. The summed E-state index contributed by atoms with van der Waals surface area (Å²) in [6, 6.07) is 0. The van der Waals surface area contributed by atoms with E-state index in [0.29, 0.717) is 13.0 Å². The van der Waals surface area contributed by atoms with Crippen molar-refractivity contribution in [2.45, 2.75) is 6.42 Å². The highest BCUT2D eigenvalue weighted by molar-refractivity contribution is 5.85. The molecule has 4 heteroatoms. The van der Waals surface area contributed by atoms with Crippen molar-refractivity contribution in [3.63, 3.8) is 0 Å². The van der Waals surface area contributed by atoms with Crippen LogP contribution in [-0.4, -0.2) is 13.6 Å². The Morgan fingerprint density at radius 3 is 2.44 bits per heavy atom. The van der Waals surface area contributed by atoms with Crippen LogP contribution in [0.3, 0.4) is 0 Å². The molecule has 0 atom stereocenters. The molecule has 0 aliphatic carbocycles. The molecule has 0 unspecified atom stereocenters. The first-order valence-electron chi connectivity index (χ1n) is 2.43. The molecule has 0 amide bonds. The summed E-state index contributed by atoms with van der Waals surface area (Å²) in [6.45, 7) is 0.608. The zero-order valence-electron chi connectivity index (χ0n) is 5.16. The molecule has 1 N–H and O–H groups in total. The van der Waals surface area contributed by atoms with Gasteiger partial charge in [0, 0.05) is 0 Å². The highest BCUT2D eigenvalue weighted by Gasteiger charge is 1.84. The number of hydrogen-bond acceptors (Lipinski definition) is 1. The zero-order valence-corrected chi connectivity index (χ0v) is 5.97. The van der Waals surface area contributed by atoms with Crippen molar-refractivity contribution in [1.82, 2.24) is 5.32 Å². The molecule has 0 saturated heterocycles. The van der Waals surface area contributed by atoms with Crippen LogP contribution < -0.4 is 5.32 Å². The molecule has 0 spiro atoms. The quantitative estimate of drug-likeness (QED) is 0.616. The molecular weight excluding hydrogens is 148 g/mol. The van der Waals surface area contributed by atoms with Crippen LogP contribution in [0.4, 0.5) is 8.78 Å². The molecule has 0 rings (SSSR count). The lowest BCUT2D eigenvalue weighted by molar-refractivity contribution is 0.417. The van der Waals surface area contributed by atoms with Crippen molar-refractivity contribution in [3.05, 3.63) is 12.2 Å². The molecule has 0 aliphatic heterocycles. The average Bonchev–Trinajstić information content (AvgIpc) is 1.66. The molecular formula is C5H10ClF2N. The van der Waals surface area contributed by atoms with Gasteiger partial charge in [-0.25, -0.2) is 0 Å². The van der Waals surface area contributed by atoms with Gasteiger partial charge in [-0.3, -0.25) is 0 Å². The van der Waals surface area contributed by atoms with Crippen molar-refractivity contribution in [3.8, 4) is 0 Å². The summed E-state index contributed by atoms with van der Waals surface area (Å²) in [6.07, 6.45) is -0.296. The Labute approximate surface area is 59.5 Å². The van der Waals surface area contributed by atoms with E-state index in [1.54, 1.807) is 7.05 Å². The molecule has 0 aromatic carbocycles. The SMILES string of the molecule is CNCCC=C(F)F.Cl. The van der Waals surface area contributed by atoms with E-state index in [0.717, 1.165) is 6.08 Å². The lowest BCUT2D eigenvalue weighted by Crippen LogP contribution is -2.05. The van der Waals surface area contributed by atoms with Crippen LogP contribution in [0.1, 0.15) is 6.42 Å². The monoisotopic (exact) mass is 157 g/mol. The number of halogens is 3. The van der Waals surface area contributed by atoms with Gasteiger partial charge in [-0.15, -0.1) is 12.4 Å². The highest BCUT2D eigenvalue weighted by atomic mass is 35.5. The predicted octanol–water partition coefficient (Wildman–Crippen LogP) is 1.80. The second-order valence-corrected chi connectivity index (χ2v) is 1.39. The largest absolute Gasteiger partial charge is 0.319 e. The third-order valence-corrected chi connectivity index (χ3v) is 0.693. The Morgan fingerprint density at radius 1 is 1.56 bits per heavy atom. The minimum absolute atomic E-state index is 0. The Morgan fingerprint density at radius 2 is 2.11 bits per heavy atom. The summed E-state index contributed by atoms with van der Waals surface area (Å²) >= 11 is 0. The van der Waals surface area contributed by atoms with Gasteiger partial charge in [-0.2, -0.15) is 8.78 Å². The maximum atomic E-state index is 11.2. The second-order valence-electron chi connectivity index (χ2n) is 1.39. The molecule has 0 heterocycles. The van der Waals surface area contributed by atoms with E-state index in [-0.39, 0.29) is 12.4 Å². The van der Waals surface area contributed by atoms with Crippen molar-refractivity contribution in [2.24, 2.45) is 0 Å². The fourth-order valence-corrected chi connectivity index (χ4v) is 0.326. The van der Waals surface area contributed by atoms with Crippen LogP contribution in [0, 0.1) is 0 Å². The minimum atomic E-state index is -1.60. The van der Waals surface area contributed by atoms with E-state index >= 15 is 0 Å². The fraction of sp³-hybridized carbons (Fsp3) is 0.600. The van der Waals surface area contributed by atoms with Gasteiger partial charge in [0.2, 0.25) is 0 Å². The van der Waals surface area contributed by atoms with E-state index in [9.17, 15) is 8.78 Å². The average molecular weight is 158 g/mol. The molecule has 0 fully saturated rings. The molecule has 0 aromatic heterocycles. The maximum Gasteiger partial charge on any atom is 0.266 e. The Kier molecular flexibility index (Phi) is 10.1. The molecule has 0 bridgehead atoms. The normalized spacial score (nSPS) is 7.89. The van der Waals surface area contributed by atoms with Crippen molar-refractivity contribution in [1.29, 1.82) is 0 Å².